The summed E-state index contributed by atoms with van der Waals surface area (Å²) in [5, 5.41) is 2.50. The molecule has 0 aliphatic carbocycles. The summed E-state index contributed by atoms with van der Waals surface area (Å²) in [4.78, 5) is 29.2. The average Bonchev–Trinajstić information content (AvgIpc) is 3.21. The van der Waals surface area contributed by atoms with Crippen molar-refractivity contribution >= 4 is 38.8 Å². The van der Waals surface area contributed by atoms with Gasteiger partial charge in [-0.3, -0.25) is 14.4 Å². The highest BCUT2D eigenvalue weighted by atomic mass is 79.9. The number of fused-ring (bicyclic) bond motifs is 1. The van der Waals surface area contributed by atoms with E-state index in [0.29, 0.717) is 11.3 Å². The Labute approximate surface area is 152 Å². The summed E-state index contributed by atoms with van der Waals surface area (Å²) < 4.78 is 16.4. The van der Waals surface area contributed by atoms with Crippen LogP contribution in [0.15, 0.2) is 33.2 Å². The van der Waals surface area contributed by atoms with Gasteiger partial charge in [0.2, 0.25) is 0 Å². The molecule has 2 aromatic rings. The summed E-state index contributed by atoms with van der Waals surface area (Å²) in [6.07, 6.45) is 0.146. The lowest BCUT2D eigenvalue weighted by Crippen LogP contribution is -2.30. The van der Waals surface area contributed by atoms with Gasteiger partial charge in [0.15, 0.2) is 0 Å². The highest BCUT2D eigenvalue weighted by Gasteiger charge is 2.44. The van der Waals surface area contributed by atoms with E-state index in [9.17, 15) is 9.59 Å². The molecule has 0 N–H and O–H groups in total. The van der Waals surface area contributed by atoms with Crippen molar-refractivity contribution in [2.75, 3.05) is 27.4 Å². The third-order valence-corrected chi connectivity index (χ3v) is 4.66. The second-order valence-corrected chi connectivity index (χ2v) is 6.58. The van der Waals surface area contributed by atoms with Gasteiger partial charge in [-0.2, -0.15) is 5.06 Å². The van der Waals surface area contributed by atoms with Gasteiger partial charge >= 0.3 is 11.9 Å². The second kappa shape index (κ2) is 7.55. The molecule has 1 aliphatic heterocycles. The number of rotatable bonds is 5. The first-order chi connectivity index (χ1) is 12.0. The summed E-state index contributed by atoms with van der Waals surface area (Å²) in [5.41, 5.74) is 0.710. The predicted octanol–water partition coefficient (Wildman–Crippen LogP) is 2.84. The van der Waals surface area contributed by atoms with Gasteiger partial charge in [0, 0.05) is 16.4 Å². The van der Waals surface area contributed by atoms with Crippen LogP contribution in [0.25, 0.3) is 11.0 Å². The van der Waals surface area contributed by atoms with Crippen molar-refractivity contribution in [1.29, 1.82) is 0 Å². The lowest BCUT2D eigenvalue weighted by atomic mass is 9.99. The minimum Gasteiger partial charge on any atom is -0.469 e. The van der Waals surface area contributed by atoms with Gasteiger partial charge < -0.3 is 13.9 Å². The van der Waals surface area contributed by atoms with Crippen molar-refractivity contribution < 1.29 is 28.3 Å². The number of hydrogen-bond donors (Lipinski definition) is 0. The molecule has 1 aromatic carbocycles. The zero-order chi connectivity index (χ0) is 18.0. The number of nitrogens with zero attached hydrogens (tertiary/aromatic N) is 1. The van der Waals surface area contributed by atoms with Crippen molar-refractivity contribution in [3.63, 3.8) is 0 Å². The highest BCUT2D eigenvalue weighted by Crippen LogP contribution is 2.39. The molecule has 3 rings (SSSR count). The molecule has 0 radical (unpaired) electrons. The number of methoxy groups -OCH3 is 2. The minimum atomic E-state index is -0.536. The number of carbonyl (C=O) groups excluding carboxylic acids is 2. The SMILES string of the molecule is COC(=O)CCN1OC[C@@H](C(=O)OC)[C@@H]1c1cc2cc(Br)ccc2o1. The average molecular weight is 412 g/mol. The third-order valence-electron chi connectivity index (χ3n) is 4.17. The Kier molecular flexibility index (Phi) is 5.41. The maximum Gasteiger partial charge on any atom is 0.313 e. The van der Waals surface area contributed by atoms with Gasteiger partial charge in [-0.15, -0.1) is 0 Å². The topological polar surface area (TPSA) is 78.2 Å². The van der Waals surface area contributed by atoms with Gasteiger partial charge in [0.1, 0.15) is 23.3 Å². The van der Waals surface area contributed by atoms with Gasteiger partial charge in [0.05, 0.1) is 27.2 Å². The summed E-state index contributed by atoms with van der Waals surface area (Å²) >= 11 is 3.43. The molecule has 0 saturated carbocycles. The monoisotopic (exact) mass is 411 g/mol. The standard InChI is InChI=1S/C17H18BrNO6/c1-22-15(20)5-6-19-16(12(9-24-19)17(21)23-2)14-8-10-7-11(18)3-4-13(10)25-14/h3-4,7-8,12,16H,5-6,9H2,1-2H3/t12-,16-/m1/s1. The molecule has 1 fully saturated rings. The number of esters is 2. The first-order valence-corrected chi connectivity index (χ1v) is 8.56. The van der Waals surface area contributed by atoms with Crippen molar-refractivity contribution in [2.45, 2.75) is 12.5 Å². The van der Waals surface area contributed by atoms with Gasteiger partial charge in [-0.1, -0.05) is 15.9 Å². The van der Waals surface area contributed by atoms with E-state index in [2.05, 4.69) is 20.7 Å². The largest absolute Gasteiger partial charge is 0.469 e. The Morgan fingerprint density at radius 3 is 2.80 bits per heavy atom. The maximum absolute atomic E-state index is 12.1. The maximum atomic E-state index is 12.1. The fourth-order valence-corrected chi connectivity index (χ4v) is 3.30. The summed E-state index contributed by atoms with van der Waals surface area (Å²) in [7, 11) is 2.67. The predicted molar refractivity (Wildman–Crippen MR) is 91.5 cm³/mol. The number of hydroxylamine groups is 2. The minimum absolute atomic E-state index is 0.146. The van der Waals surface area contributed by atoms with E-state index in [-0.39, 0.29) is 31.5 Å². The van der Waals surface area contributed by atoms with Gasteiger partial charge in [-0.05, 0) is 24.3 Å². The van der Waals surface area contributed by atoms with E-state index in [1.807, 2.05) is 24.3 Å². The van der Waals surface area contributed by atoms with Gasteiger partial charge in [-0.25, -0.2) is 0 Å². The molecule has 8 heteroatoms. The number of ether oxygens (including phenoxy) is 2. The van der Waals surface area contributed by atoms with Crippen LogP contribution in [0.4, 0.5) is 0 Å². The Bertz CT molecular complexity index is 789. The molecule has 1 aliphatic rings. The zero-order valence-electron chi connectivity index (χ0n) is 13.9. The van der Waals surface area contributed by atoms with Crippen molar-refractivity contribution in [1.82, 2.24) is 5.06 Å². The van der Waals surface area contributed by atoms with Gasteiger partial charge in [0.25, 0.3) is 0 Å². The van der Waals surface area contributed by atoms with Crippen LogP contribution in [0.1, 0.15) is 18.2 Å². The molecule has 1 saturated heterocycles. The number of hydrogen-bond acceptors (Lipinski definition) is 7. The van der Waals surface area contributed by atoms with E-state index in [1.54, 1.807) is 5.06 Å². The molecule has 0 amide bonds. The molecule has 2 heterocycles. The normalized spacial score (nSPS) is 20.8. The first kappa shape index (κ1) is 17.9. The lowest BCUT2D eigenvalue weighted by molar-refractivity contribution is -0.154. The fraction of sp³-hybridized carbons (Fsp3) is 0.412. The first-order valence-electron chi connectivity index (χ1n) is 7.76. The number of halogens is 1. The van der Waals surface area contributed by atoms with Crippen LogP contribution < -0.4 is 0 Å². The Hall–Kier alpha value is -1.90. The van der Waals surface area contributed by atoms with Crippen molar-refractivity contribution in [3.8, 4) is 0 Å². The molecule has 0 bridgehead atoms. The molecular weight excluding hydrogens is 394 g/mol. The molecule has 25 heavy (non-hydrogen) atoms. The van der Waals surface area contributed by atoms with E-state index in [4.69, 9.17) is 14.0 Å². The third kappa shape index (κ3) is 3.70. The molecule has 0 unspecified atom stereocenters. The molecule has 1 aromatic heterocycles. The number of carbonyl (C=O) groups is 2. The van der Waals surface area contributed by atoms with Crippen molar-refractivity contribution in [2.24, 2.45) is 5.92 Å². The highest BCUT2D eigenvalue weighted by molar-refractivity contribution is 9.10. The molecule has 0 spiro atoms. The summed E-state index contributed by atoms with van der Waals surface area (Å²) in [6.45, 7) is 0.449. The lowest BCUT2D eigenvalue weighted by Gasteiger charge is -2.22. The Balaban J connectivity index is 1.91. The van der Waals surface area contributed by atoms with Crippen LogP contribution >= 0.6 is 15.9 Å². The Morgan fingerprint density at radius 1 is 1.28 bits per heavy atom. The zero-order valence-corrected chi connectivity index (χ0v) is 15.4. The van der Waals surface area contributed by atoms with Crippen LogP contribution in [-0.2, 0) is 23.9 Å². The molecule has 134 valence electrons. The van der Waals surface area contributed by atoms with Crippen LogP contribution in [0.3, 0.4) is 0 Å². The van der Waals surface area contributed by atoms with E-state index in [0.717, 1.165) is 9.86 Å². The molecular formula is C17H18BrNO6. The Morgan fingerprint density at radius 2 is 2.08 bits per heavy atom. The van der Waals surface area contributed by atoms with Crippen LogP contribution in [0.2, 0.25) is 0 Å². The fourth-order valence-electron chi connectivity index (χ4n) is 2.92. The smallest absolute Gasteiger partial charge is 0.313 e. The summed E-state index contributed by atoms with van der Waals surface area (Å²) in [5.74, 6) is -0.679. The quantitative estimate of drug-likeness (QED) is 0.699. The van der Waals surface area contributed by atoms with Crippen LogP contribution in [0, 0.1) is 5.92 Å². The molecule has 2 atom stereocenters. The van der Waals surface area contributed by atoms with Crippen LogP contribution in [0.5, 0.6) is 0 Å². The van der Waals surface area contributed by atoms with E-state index in [1.165, 1.54) is 14.2 Å². The van der Waals surface area contributed by atoms with Crippen molar-refractivity contribution in [3.05, 3.63) is 34.5 Å². The molecule has 7 nitrogen and oxygen atoms in total. The number of benzene rings is 1. The summed E-state index contributed by atoms with van der Waals surface area (Å²) in [6, 6.07) is 7.08. The van der Waals surface area contributed by atoms with Crippen LogP contribution in [-0.4, -0.2) is 44.4 Å². The second-order valence-electron chi connectivity index (χ2n) is 5.67. The van der Waals surface area contributed by atoms with E-state index < -0.39 is 12.0 Å². The number of furan rings is 1. The van der Waals surface area contributed by atoms with E-state index >= 15 is 0 Å².